The Bertz CT molecular complexity index is 2980. The van der Waals surface area contributed by atoms with E-state index in [9.17, 15) is 0 Å². The van der Waals surface area contributed by atoms with Crippen LogP contribution in [0.25, 0.3) is 76.1 Å². The normalized spacial score (nSPS) is 13.4. The van der Waals surface area contributed by atoms with E-state index in [1.54, 1.807) is 0 Å². The van der Waals surface area contributed by atoms with Gasteiger partial charge in [-0.2, -0.15) is 0 Å². The summed E-state index contributed by atoms with van der Waals surface area (Å²) in [6.45, 7) is 4.57. The van der Waals surface area contributed by atoms with Crippen LogP contribution in [0, 0.1) is 0 Å². The number of thiophene rings is 1. The number of fused-ring (bicyclic) bond motifs is 9. The van der Waals surface area contributed by atoms with Gasteiger partial charge in [-0.3, -0.25) is 0 Å². The van der Waals surface area contributed by atoms with Gasteiger partial charge in [-0.05, 0) is 75.8 Å². The van der Waals surface area contributed by atoms with Crippen LogP contribution < -0.4 is 9.47 Å². The van der Waals surface area contributed by atoms with Crippen molar-refractivity contribution in [2.45, 2.75) is 19.3 Å². The van der Waals surface area contributed by atoms with E-state index in [-0.39, 0.29) is 5.41 Å². The molecule has 0 N–H and O–H groups in total. The van der Waals surface area contributed by atoms with Crippen LogP contribution in [-0.4, -0.2) is 4.98 Å². The van der Waals surface area contributed by atoms with Crippen molar-refractivity contribution >= 4 is 31.5 Å². The minimum absolute atomic E-state index is 0.137. The highest BCUT2D eigenvalue weighted by atomic mass is 32.1. The first-order valence-electron chi connectivity index (χ1n) is 18.4. The molecular weight excluding hydrogens is 679 g/mol. The summed E-state index contributed by atoms with van der Waals surface area (Å²) in [6.07, 6.45) is 0. The monoisotopic (exact) mass is 711 g/mol. The molecule has 3 heterocycles. The lowest BCUT2D eigenvalue weighted by Crippen LogP contribution is -2.15. The summed E-state index contributed by atoms with van der Waals surface area (Å²) in [5.41, 5.74) is 13.0. The molecule has 0 fully saturated rings. The minimum atomic E-state index is -0.137. The zero-order valence-corrected chi connectivity index (χ0v) is 30.6. The maximum absolute atomic E-state index is 6.97. The number of hydrogen-bond acceptors (Lipinski definition) is 4. The van der Waals surface area contributed by atoms with Crippen LogP contribution in [0.2, 0.25) is 0 Å². The highest BCUT2D eigenvalue weighted by Gasteiger charge is 2.39. The molecule has 0 saturated carbocycles. The van der Waals surface area contributed by atoms with Gasteiger partial charge >= 0.3 is 0 Å². The Balaban J connectivity index is 1.03. The van der Waals surface area contributed by atoms with Gasteiger partial charge in [0.2, 0.25) is 0 Å². The van der Waals surface area contributed by atoms with Gasteiger partial charge in [0.25, 0.3) is 0 Å². The summed E-state index contributed by atoms with van der Waals surface area (Å²) in [5.74, 6) is 2.95. The van der Waals surface area contributed by atoms with Crippen molar-refractivity contribution in [1.82, 2.24) is 4.98 Å². The predicted molar refractivity (Wildman–Crippen MR) is 223 cm³/mol. The number of hydrogen-bond donors (Lipinski definition) is 0. The molecule has 2 aromatic heterocycles. The van der Waals surface area contributed by atoms with Crippen LogP contribution in [-0.2, 0) is 5.41 Å². The smallest absolute Gasteiger partial charge is 0.178 e. The molecule has 0 saturated heterocycles. The molecule has 1 aliphatic carbocycles. The fourth-order valence-electron chi connectivity index (χ4n) is 8.43. The molecule has 0 bridgehead atoms. The van der Waals surface area contributed by atoms with Crippen molar-refractivity contribution in [3.63, 3.8) is 0 Å². The van der Waals surface area contributed by atoms with Gasteiger partial charge in [0.15, 0.2) is 23.0 Å². The van der Waals surface area contributed by atoms with E-state index in [1.165, 1.54) is 36.9 Å². The molecule has 0 unspecified atom stereocenters. The van der Waals surface area contributed by atoms with E-state index >= 15 is 0 Å². The number of benzene rings is 7. The summed E-state index contributed by atoms with van der Waals surface area (Å²) >= 11 is 1.83. The largest absolute Gasteiger partial charge is 0.449 e. The van der Waals surface area contributed by atoms with Crippen molar-refractivity contribution in [3.05, 3.63) is 175 Å². The average molecular weight is 712 g/mol. The first-order chi connectivity index (χ1) is 26.5. The standard InChI is InChI=1S/C50H33NO2S/c1-50(2)39-19-8-6-17-38(39)47-40(50)24-25-44-49(47)53-48-35(18-11-20-43(48)52-44)31-14-10-15-32(26-31)41-27-34(30-12-4-3-5-13-30)28-42(51-41)33-22-23-37-36-16-7-9-21-45(36)54-46(37)29-33/h3-29H,1-2H3. The molecule has 0 amide bonds. The van der Waals surface area contributed by atoms with Gasteiger partial charge < -0.3 is 9.47 Å². The van der Waals surface area contributed by atoms with E-state index in [4.69, 9.17) is 14.5 Å². The average Bonchev–Trinajstić information content (AvgIpc) is 3.71. The fraction of sp³-hybridized carbons (Fsp3) is 0.0600. The maximum atomic E-state index is 6.97. The van der Waals surface area contributed by atoms with E-state index in [0.717, 1.165) is 67.6 Å². The van der Waals surface area contributed by atoms with Gasteiger partial charge in [-0.1, -0.05) is 135 Å². The fourth-order valence-corrected chi connectivity index (χ4v) is 9.57. The van der Waals surface area contributed by atoms with Gasteiger partial charge in [-0.15, -0.1) is 11.3 Å². The summed E-state index contributed by atoms with van der Waals surface area (Å²) < 4.78 is 16.1. The Labute approximate surface area is 317 Å². The molecule has 0 radical (unpaired) electrons. The summed E-state index contributed by atoms with van der Waals surface area (Å²) in [6, 6.07) is 58.0. The molecular formula is C50H33NO2S. The zero-order chi connectivity index (χ0) is 36.0. The molecule has 1 aliphatic heterocycles. The van der Waals surface area contributed by atoms with Crippen molar-refractivity contribution in [3.8, 4) is 78.9 Å². The molecule has 0 atom stereocenters. The molecule has 256 valence electrons. The predicted octanol–water partition coefficient (Wildman–Crippen LogP) is 14.3. The van der Waals surface area contributed by atoms with Crippen LogP contribution in [0.15, 0.2) is 164 Å². The van der Waals surface area contributed by atoms with Gasteiger partial charge in [0, 0.05) is 47.8 Å². The third-order valence-electron chi connectivity index (χ3n) is 11.1. The minimum Gasteiger partial charge on any atom is -0.449 e. The molecule has 4 heteroatoms. The van der Waals surface area contributed by atoms with E-state index in [0.29, 0.717) is 5.75 Å². The zero-order valence-electron chi connectivity index (χ0n) is 29.8. The topological polar surface area (TPSA) is 31.4 Å². The summed E-state index contributed by atoms with van der Waals surface area (Å²) in [7, 11) is 0. The molecule has 3 nitrogen and oxygen atoms in total. The number of para-hydroxylation sites is 1. The molecule has 0 spiro atoms. The Morgan fingerprint density at radius 1 is 0.444 bits per heavy atom. The summed E-state index contributed by atoms with van der Waals surface area (Å²) in [5, 5.41) is 2.58. The van der Waals surface area contributed by atoms with Crippen molar-refractivity contribution < 1.29 is 9.47 Å². The number of rotatable bonds is 4. The Morgan fingerprint density at radius 3 is 2.02 bits per heavy atom. The van der Waals surface area contributed by atoms with E-state index in [1.807, 2.05) is 23.5 Å². The molecule has 11 rings (SSSR count). The lowest BCUT2D eigenvalue weighted by Gasteiger charge is -2.26. The second-order valence-electron chi connectivity index (χ2n) is 14.7. The molecule has 54 heavy (non-hydrogen) atoms. The number of nitrogens with zero attached hydrogens (tertiary/aromatic N) is 1. The Hall–Kier alpha value is -6.49. The number of ether oxygens (including phenoxy) is 2. The first kappa shape index (κ1) is 31.1. The molecule has 7 aromatic carbocycles. The van der Waals surface area contributed by atoms with Crippen molar-refractivity contribution in [1.29, 1.82) is 0 Å². The molecule has 2 aliphatic rings. The first-order valence-corrected chi connectivity index (χ1v) is 19.2. The highest BCUT2D eigenvalue weighted by Crippen LogP contribution is 2.59. The maximum Gasteiger partial charge on any atom is 0.178 e. The van der Waals surface area contributed by atoms with Crippen LogP contribution >= 0.6 is 11.3 Å². The number of aromatic nitrogens is 1. The number of pyridine rings is 1. The highest BCUT2D eigenvalue weighted by molar-refractivity contribution is 7.25. The van der Waals surface area contributed by atoms with Crippen LogP contribution in [0.3, 0.4) is 0 Å². The second kappa shape index (κ2) is 11.8. The van der Waals surface area contributed by atoms with Crippen LogP contribution in [0.5, 0.6) is 23.0 Å². The summed E-state index contributed by atoms with van der Waals surface area (Å²) in [4.78, 5) is 5.34. The van der Waals surface area contributed by atoms with E-state index < -0.39 is 0 Å². The van der Waals surface area contributed by atoms with E-state index in [2.05, 4.69) is 166 Å². The van der Waals surface area contributed by atoms with Crippen molar-refractivity contribution in [2.75, 3.05) is 0 Å². The Morgan fingerprint density at radius 2 is 1.13 bits per heavy atom. The Kier molecular flexibility index (Phi) is 6.77. The lowest BCUT2D eigenvalue weighted by atomic mass is 9.82. The van der Waals surface area contributed by atoms with Crippen LogP contribution in [0.1, 0.15) is 25.0 Å². The third kappa shape index (κ3) is 4.77. The molecule has 9 aromatic rings. The van der Waals surface area contributed by atoms with Gasteiger partial charge in [0.1, 0.15) is 0 Å². The SMILES string of the molecule is CC1(C)c2ccccc2-c2c1ccc1c2Oc2c(cccc2-c2cccc(-c3cc(-c4ccccc4)cc(-c4ccc5c(c4)sc4ccccc45)n3)c2)O1. The van der Waals surface area contributed by atoms with Gasteiger partial charge in [-0.25, -0.2) is 4.98 Å². The quantitative estimate of drug-likeness (QED) is 0.182. The second-order valence-corrected chi connectivity index (χ2v) is 15.8. The van der Waals surface area contributed by atoms with Crippen molar-refractivity contribution in [2.24, 2.45) is 0 Å². The van der Waals surface area contributed by atoms with Crippen LogP contribution in [0.4, 0.5) is 0 Å². The lowest BCUT2D eigenvalue weighted by molar-refractivity contribution is 0.361. The third-order valence-corrected chi connectivity index (χ3v) is 12.3. The van der Waals surface area contributed by atoms with Gasteiger partial charge in [0.05, 0.1) is 11.4 Å².